The number of ether oxygens (including phenoxy) is 1. The van der Waals surface area contributed by atoms with Crippen LogP contribution in [-0.4, -0.2) is 30.5 Å². The standard InChI is InChI=1S/C17H14Cl2N2O2/c18-11-5-6-15-13(9-11)17(12-3-1-2-4-14(12)19)21(7-8-23-17)10-16(22)20-15/h1-6,9H,7-8,10H2,(H,20,22)/t17-/m0/s1. The van der Waals surface area contributed by atoms with E-state index < -0.39 is 5.72 Å². The Morgan fingerprint density at radius 3 is 2.78 bits per heavy atom. The minimum atomic E-state index is -0.905. The molecule has 2 aliphatic rings. The van der Waals surface area contributed by atoms with Crippen molar-refractivity contribution in [1.82, 2.24) is 4.90 Å². The third-order valence-corrected chi connectivity index (χ3v) is 4.88. The second-order valence-electron chi connectivity index (χ2n) is 5.63. The number of carbonyl (C=O) groups is 1. The number of anilines is 1. The van der Waals surface area contributed by atoms with Gasteiger partial charge in [-0.2, -0.15) is 0 Å². The van der Waals surface area contributed by atoms with E-state index in [0.29, 0.717) is 28.9 Å². The lowest BCUT2D eigenvalue weighted by atomic mass is 9.92. The Balaban J connectivity index is 2.04. The molecule has 1 N–H and O–H groups in total. The Labute approximate surface area is 143 Å². The van der Waals surface area contributed by atoms with Crippen LogP contribution < -0.4 is 5.32 Å². The maximum atomic E-state index is 12.3. The molecular weight excluding hydrogens is 335 g/mol. The molecule has 2 heterocycles. The van der Waals surface area contributed by atoms with Gasteiger partial charge in [0, 0.05) is 33.4 Å². The van der Waals surface area contributed by atoms with Crippen LogP contribution in [0.4, 0.5) is 5.69 Å². The van der Waals surface area contributed by atoms with Crippen LogP contribution >= 0.6 is 23.2 Å². The van der Waals surface area contributed by atoms with Gasteiger partial charge in [0.15, 0.2) is 5.72 Å². The molecule has 2 aliphatic heterocycles. The van der Waals surface area contributed by atoms with E-state index in [-0.39, 0.29) is 12.5 Å². The van der Waals surface area contributed by atoms with Crippen LogP contribution in [0.1, 0.15) is 11.1 Å². The average molecular weight is 349 g/mol. The van der Waals surface area contributed by atoms with Gasteiger partial charge in [0.05, 0.1) is 13.2 Å². The van der Waals surface area contributed by atoms with Crippen LogP contribution in [0.3, 0.4) is 0 Å². The van der Waals surface area contributed by atoms with Gasteiger partial charge in [0.1, 0.15) is 0 Å². The van der Waals surface area contributed by atoms with E-state index in [4.69, 9.17) is 27.9 Å². The Morgan fingerprint density at radius 1 is 1.13 bits per heavy atom. The summed E-state index contributed by atoms with van der Waals surface area (Å²) in [7, 11) is 0. The van der Waals surface area contributed by atoms with E-state index in [9.17, 15) is 4.79 Å². The Bertz CT molecular complexity index is 796. The van der Waals surface area contributed by atoms with Crippen molar-refractivity contribution in [1.29, 1.82) is 0 Å². The van der Waals surface area contributed by atoms with E-state index in [1.54, 1.807) is 12.1 Å². The van der Waals surface area contributed by atoms with Gasteiger partial charge < -0.3 is 10.1 Å². The summed E-state index contributed by atoms with van der Waals surface area (Å²) >= 11 is 12.7. The molecule has 2 aromatic rings. The molecule has 1 amide bonds. The topological polar surface area (TPSA) is 41.6 Å². The first kappa shape index (κ1) is 15.0. The molecule has 1 fully saturated rings. The van der Waals surface area contributed by atoms with E-state index in [1.165, 1.54) is 0 Å². The van der Waals surface area contributed by atoms with Crippen LogP contribution in [0.5, 0.6) is 0 Å². The SMILES string of the molecule is O=C1CN2CCO[C@@]2(c2ccccc2Cl)c2cc(Cl)ccc2N1. The molecule has 0 radical (unpaired) electrons. The Hall–Kier alpha value is -1.59. The molecule has 4 rings (SSSR count). The summed E-state index contributed by atoms with van der Waals surface area (Å²) in [6.07, 6.45) is 0. The molecule has 118 valence electrons. The Kier molecular flexibility index (Phi) is 3.58. The summed E-state index contributed by atoms with van der Waals surface area (Å²) in [6, 6.07) is 13.0. The third kappa shape index (κ3) is 2.25. The van der Waals surface area contributed by atoms with Gasteiger partial charge in [-0.1, -0.05) is 41.4 Å². The van der Waals surface area contributed by atoms with Crippen LogP contribution in [0, 0.1) is 0 Å². The number of rotatable bonds is 1. The van der Waals surface area contributed by atoms with Crippen molar-refractivity contribution in [3.05, 3.63) is 63.6 Å². The van der Waals surface area contributed by atoms with E-state index >= 15 is 0 Å². The van der Waals surface area contributed by atoms with Crippen molar-refractivity contribution in [2.75, 3.05) is 25.0 Å². The summed E-state index contributed by atoms with van der Waals surface area (Å²) in [5, 5.41) is 4.11. The molecule has 4 nitrogen and oxygen atoms in total. The van der Waals surface area contributed by atoms with Crippen molar-refractivity contribution in [2.45, 2.75) is 5.72 Å². The number of hydrogen-bond donors (Lipinski definition) is 1. The van der Waals surface area contributed by atoms with Gasteiger partial charge >= 0.3 is 0 Å². The molecule has 0 aromatic heterocycles. The highest BCUT2D eigenvalue weighted by Gasteiger charge is 2.50. The van der Waals surface area contributed by atoms with Gasteiger partial charge in [0.2, 0.25) is 5.91 Å². The van der Waals surface area contributed by atoms with E-state index in [0.717, 1.165) is 11.1 Å². The number of nitrogens with zero attached hydrogens (tertiary/aromatic N) is 1. The van der Waals surface area contributed by atoms with Gasteiger partial charge in [-0.05, 0) is 24.3 Å². The molecule has 0 unspecified atom stereocenters. The van der Waals surface area contributed by atoms with Crippen molar-refractivity contribution in [3.63, 3.8) is 0 Å². The maximum Gasteiger partial charge on any atom is 0.238 e. The summed E-state index contributed by atoms with van der Waals surface area (Å²) < 4.78 is 6.21. The van der Waals surface area contributed by atoms with Gasteiger partial charge in [0.25, 0.3) is 0 Å². The second kappa shape index (κ2) is 5.49. The first-order chi connectivity index (χ1) is 11.1. The fourth-order valence-electron chi connectivity index (χ4n) is 3.39. The van der Waals surface area contributed by atoms with E-state index in [2.05, 4.69) is 5.32 Å². The molecule has 6 heteroatoms. The zero-order valence-corrected chi connectivity index (χ0v) is 13.7. The second-order valence-corrected chi connectivity index (χ2v) is 6.48. The van der Waals surface area contributed by atoms with Crippen LogP contribution in [0.2, 0.25) is 10.0 Å². The van der Waals surface area contributed by atoms with Crippen LogP contribution in [0.15, 0.2) is 42.5 Å². The predicted octanol–water partition coefficient (Wildman–Crippen LogP) is 3.48. The smallest absolute Gasteiger partial charge is 0.238 e. The van der Waals surface area contributed by atoms with Crippen molar-refractivity contribution in [3.8, 4) is 0 Å². The highest BCUT2D eigenvalue weighted by molar-refractivity contribution is 6.31. The first-order valence-electron chi connectivity index (χ1n) is 7.35. The highest BCUT2D eigenvalue weighted by Crippen LogP contribution is 2.47. The third-order valence-electron chi connectivity index (χ3n) is 4.31. The zero-order valence-electron chi connectivity index (χ0n) is 12.2. The summed E-state index contributed by atoms with van der Waals surface area (Å²) in [5.74, 6) is -0.0759. The summed E-state index contributed by atoms with van der Waals surface area (Å²) in [4.78, 5) is 14.3. The first-order valence-corrected chi connectivity index (χ1v) is 8.11. The van der Waals surface area contributed by atoms with Gasteiger partial charge in [-0.25, -0.2) is 0 Å². The monoisotopic (exact) mass is 348 g/mol. The van der Waals surface area contributed by atoms with Crippen molar-refractivity contribution in [2.24, 2.45) is 0 Å². The minimum Gasteiger partial charge on any atom is -0.350 e. The maximum absolute atomic E-state index is 12.3. The summed E-state index contributed by atoms with van der Waals surface area (Å²) in [5.41, 5.74) is 1.42. The van der Waals surface area contributed by atoms with Gasteiger partial charge in [-0.3, -0.25) is 9.69 Å². The average Bonchev–Trinajstić information content (AvgIpc) is 2.89. The highest BCUT2D eigenvalue weighted by atomic mass is 35.5. The molecule has 1 atom stereocenters. The number of benzene rings is 2. The number of nitrogens with one attached hydrogen (secondary N) is 1. The minimum absolute atomic E-state index is 0.0759. The number of hydrogen-bond acceptors (Lipinski definition) is 3. The van der Waals surface area contributed by atoms with Crippen LogP contribution in [-0.2, 0) is 15.3 Å². The fourth-order valence-corrected chi connectivity index (χ4v) is 3.82. The molecule has 0 saturated carbocycles. The fraction of sp³-hybridized carbons (Fsp3) is 0.235. The lowest BCUT2D eigenvalue weighted by Gasteiger charge is -2.37. The molecular formula is C17H14Cl2N2O2. The normalized spacial score (nSPS) is 23.8. The van der Waals surface area contributed by atoms with E-state index in [1.807, 2.05) is 35.2 Å². The Morgan fingerprint density at radius 2 is 1.96 bits per heavy atom. The largest absolute Gasteiger partial charge is 0.350 e. The summed E-state index contributed by atoms with van der Waals surface area (Å²) in [6.45, 7) is 1.40. The van der Waals surface area contributed by atoms with Crippen molar-refractivity contribution >= 4 is 34.8 Å². The lowest BCUT2D eigenvalue weighted by molar-refractivity contribution is -0.120. The molecule has 2 aromatic carbocycles. The van der Waals surface area contributed by atoms with Crippen molar-refractivity contribution < 1.29 is 9.53 Å². The number of halogens is 2. The molecule has 0 aliphatic carbocycles. The number of amides is 1. The molecule has 23 heavy (non-hydrogen) atoms. The predicted molar refractivity (Wildman–Crippen MR) is 89.8 cm³/mol. The van der Waals surface area contributed by atoms with Crippen LogP contribution in [0.25, 0.3) is 0 Å². The zero-order chi connectivity index (χ0) is 16.0. The number of carbonyl (C=O) groups excluding carboxylic acids is 1. The molecule has 0 bridgehead atoms. The number of fused-ring (bicyclic) bond motifs is 3. The molecule has 1 saturated heterocycles. The molecule has 0 spiro atoms. The lowest BCUT2D eigenvalue weighted by Crippen LogP contribution is -2.44. The quantitative estimate of drug-likeness (QED) is 0.857. The van der Waals surface area contributed by atoms with Gasteiger partial charge in [-0.15, -0.1) is 0 Å².